The lowest BCUT2D eigenvalue weighted by Gasteiger charge is -2.42. The summed E-state index contributed by atoms with van der Waals surface area (Å²) in [4.78, 5) is 40.7. The molecule has 0 atom stereocenters. The number of carbonyl (C=O) groups is 3. The first-order chi connectivity index (χ1) is 16.0. The van der Waals surface area contributed by atoms with Crippen LogP contribution in [0.25, 0.3) is 0 Å². The van der Waals surface area contributed by atoms with Crippen molar-refractivity contribution >= 4 is 17.7 Å². The minimum Gasteiger partial charge on any atom is -0.493 e. The lowest BCUT2D eigenvalue weighted by atomic mass is 9.74. The van der Waals surface area contributed by atoms with Crippen LogP contribution in [-0.4, -0.2) is 66.9 Å². The van der Waals surface area contributed by atoms with E-state index in [1.165, 1.54) is 5.56 Å². The Morgan fingerprint density at radius 2 is 1.76 bits per heavy atom. The second-order valence-corrected chi connectivity index (χ2v) is 9.84. The van der Waals surface area contributed by atoms with Gasteiger partial charge >= 0.3 is 0 Å². The van der Waals surface area contributed by atoms with Gasteiger partial charge in [-0.05, 0) is 62.0 Å². The summed E-state index contributed by atoms with van der Waals surface area (Å²) in [5, 5.41) is 3.17. The molecule has 3 heterocycles. The largest absolute Gasteiger partial charge is 0.493 e. The van der Waals surface area contributed by atoms with E-state index in [0.29, 0.717) is 52.0 Å². The summed E-state index contributed by atoms with van der Waals surface area (Å²) in [5.41, 5.74) is 1.28. The third-order valence-corrected chi connectivity index (χ3v) is 7.52. The monoisotopic (exact) mass is 455 g/mol. The van der Waals surface area contributed by atoms with Crippen LogP contribution in [0.3, 0.4) is 0 Å². The van der Waals surface area contributed by atoms with Gasteiger partial charge in [0.25, 0.3) is 0 Å². The molecule has 2 saturated heterocycles. The first-order valence-corrected chi connectivity index (χ1v) is 12.6. The molecular weight excluding hydrogens is 418 g/mol. The molecule has 180 valence electrons. The van der Waals surface area contributed by atoms with Crippen molar-refractivity contribution in [1.82, 2.24) is 15.1 Å². The molecule has 0 radical (unpaired) electrons. The number of para-hydroxylation sites is 1. The second-order valence-electron chi connectivity index (χ2n) is 9.84. The number of aryl methyl sites for hydroxylation is 1. The number of ether oxygens (including phenoxy) is 1. The molecule has 3 aliphatic heterocycles. The Kier molecular flexibility index (Phi) is 7.89. The number of piperidine rings is 1. The molecule has 1 N–H and O–H groups in total. The van der Waals surface area contributed by atoms with Crippen LogP contribution in [0.4, 0.5) is 0 Å². The van der Waals surface area contributed by atoms with Gasteiger partial charge in [-0.25, -0.2) is 0 Å². The molecule has 0 bridgehead atoms. The van der Waals surface area contributed by atoms with E-state index in [1.54, 1.807) is 4.90 Å². The Balaban J connectivity index is 1.35. The van der Waals surface area contributed by atoms with E-state index in [0.717, 1.165) is 50.7 Å². The summed E-state index contributed by atoms with van der Waals surface area (Å²) in [6.45, 7) is 3.54. The van der Waals surface area contributed by atoms with Gasteiger partial charge in [0, 0.05) is 39.0 Å². The van der Waals surface area contributed by atoms with Crippen LogP contribution in [0.1, 0.15) is 63.4 Å². The van der Waals surface area contributed by atoms with Crippen LogP contribution < -0.4 is 10.1 Å². The Hall–Kier alpha value is -2.57. The molecule has 33 heavy (non-hydrogen) atoms. The zero-order chi connectivity index (χ0) is 23.1. The summed E-state index contributed by atoms with van der Waals surface area (Å²) in [6, 6.07) is 8.21. The van der Waals surface area contributed by atoms with Crippen LogP contribution >= 0.6 is 0 Å². The van der Waals surface area contributed by atoms with Crippen LogP contribution in [0.2, 0.25) is 0 Å². The highest BCUT2D eigenvalue weighted by Crippen LogP contribution is 2.37. The van der Waals surface area contributed by atoms with Crippen LogP contribution in [0.15, 0.2) is 24.3 Å². The van der Waals surface area contributed by atoms with E-state index in [2.05, 4.69) is 17.4 Å². The quantitative estimate of drug-likeness (QED) is 0.744. The number of rotatable bonds is 2. The van der Waals surface area contributed by atoms with Crippen molar-refractivity contribution in [2.75, 3.05) is 39.3 Å². The molecule has 0 aromatic heterocycles. The van der Waals surface area contributed by atoms with Gasteiger partial charge in [-0.15, -0.1) is 0 Å². The number of nitrogens with one attached hydrogen (secondary N) is 1. The van der Waals surface area contributed by atoms with Crippen molar-refractivity contribution in [2.24, 2.45) is 5.41 Å². The maximum Gasteiger partial charge on any atom is 0.242 e. The van der Waals surface area contributed by atoms with Gasteiger partial charge in [0.05, 0.1) is 13.2 Å². The van der Waals surface area contributed by atoms with Gasteiger partial charge < -0.3 is 19.9 Å². The number of hydrogen-bond donors (Lipinski definition) is 1. The predicted octanol–water partition coefficient (Wildman–Crippen LogP) is 2.92. The third kappa shape index (κ3) is 6.27. The maximum atomic E-state index is 12.8. The number of benzene rings is 1. The summed E-state index contributed by atoms with van der Waals surface area (Å²) >= 11 is 0. The summed E-state index contributed by atoms with van der Waals surface area (Å²) in [7, 11) is 0. The number of likely N-dealkylation sites (tertiary alicyclic amines) is 2. The molecule has 1 aromatic rings. The molecule has 0 aliphatic carbocycles. The minimum atomic E-state index is 0.0377. The first-order valence-electron chi connectivity index (χ1n) is 12.6. The third-order valence-electron chi connectivity index (χ3n) is 7.52. The second kappa shape index (κ2) is 11.0. The van der Waals surface area contributed by atoms with Crippen molar-refractivity contribution in [2.45, 2.75) is 64.2 Å². The Bertz CT molecular complexity index is 848. The average molecular weight is 456 g/mol. The van der Waals surface area contributed by atoms with E-state index >= 15 is 0 Å². The van der Waals surface area contributed by atoms with Crippen molar-refractivity contribution in [1.29, 1.82) is 0 Å². The predicted molar refractivity (Wildman–Crippen MR) is 126 cm³/mol. The van der Waals surface area contributed by atoms with E-state index in [1.807, 2.05) is 17.0 Å². The van der Waals surface area contributed by atoms with Gasteiger partial charge in [-0.2, -0.15) is 0 Å². The van der Waals surface area contributed by atoms with Crippen LogP contribution in [-0.2, 0) is 20.8 Å². The molecule has 4 rings (SSSR count). The molecule has 0 unspecified atom stereocenters. The normalized spacial score (nSPS) is 22.3. The van der Waals surface area contributed by atoms with Gasteiger partial charge in [0.1, 0.15) is 5.75 Å². The highest BCUT2D eigenvalue weighted by atomic mass is 16.5. The van der Waals surface area contributed by atoms with Gasteiger partial charge in [0.15, 0.2) is 0 Å². The fourth-order valence-electron chi connectivity index (χ4n) is 5.34. The average Bonchev–Trinajstić information content (AvgIpc) is 3.23. The fraction of sp³-hybridized carbons (Fsp3) is 0.654. The highest BCUT2D eigenvalue weighted by molar-refractivity contribution is 5.86. The molecule has 3 aliphatic rings. The van der Waals surface area contributed by atoms with Crippen molar-refractivity contribution in [3.05, 3.63) is 29.8 Å². The zero-order valence-electron chi connectivity index (χ0n) is 19.7. The Morgan fingerprint density at radius 3 is 2.55 bits per heavy atom. The molecule has 1 spiro atoms. The lowest BCUT2D eigenvalue weighted by Crippen LogP contribution is -2.50. The molecule has 2 fully saturated rings. The van der Waals surface area contributed by atoms with Gasteiger partial charge in [0.2, 0.25) is 17.7 Å². The van der Waals surface area contributed by atoms with Crippen molar-refractivity contribution < 1.29 is 19.1 Å². The maximum absolute atomic E-state index is 12.8. The first kappa shape index (κ1) is 23.6. The van der Waals surface area contributed by atoms with Gasteiger partial charge in [-0.3, -0.25) is 14.4 Å². The summed E-state index contributed by atoms with van der Waals surface area (Å²) < 4.78 is 5.94. The molecule has 7 heteroatoms. The van der Waals surface area contributed by atoms with E-state index in [9.17, 15) is 14.4 Å². The Morgan fingerprint density at radius 1 is 0.939 bits per heavy atom. The fourth-order valence-corrected chi connectivity index (χ4v) is 5.34. The zero-order valence-corrected chi connectivity index (χ0v) is 19.7. The standard InChI is InChI=1S/C26H37N3O4/c30-23-10-6-18-33-22-9-2-1-7-21(22)8-3-4-12-26(20-27-23)13-16-28(17-14-26)25(32)19-29-15-5-11-24(29)31/h1-2,7,9H,3-6,8,10-20H2,(H,27,30). The summed E-state index contributed by atoms with van der Waals surface area (Å²) in [6.07, 6.45) is 8.57. The number of hydrogen-bond acceptors (Lipinski definition) is 4. The number of nitrogens with zero attached hydrogens (tertiary/aromatic N) is 2. The van der Waals surface area contributed by atoms with E-state index in [-0.39, 0.29) is 29.7 Å². The van der Waals surface area contributed by atoms with Crippen molar-refractivity contribution in [3.8, 4) is 5.75 Å². The lowest BCUT2D eigenvalue weighted by molar-refractivity contribution is -0.140. The minimum absolute atomic E-state index is 0.0377. The van der Waals surface area contributed by atoms with Gasteiger partial charge in [-0.1, -0.05) is 24.6 Å². The molecular formula is C26H37N3O4. The van der Waals surface area contributed by atoms with Crippen LogP contribution in [0, 0.1) is 5.41 Å². The molecule has 7 nitrogen and oxygen atoms in total. The number of carbonyl (C=O) groups excluding carboxylic acids is 3. The number of amides is 3. The summed E-state index contributed by atoms with van der Waals surface area (Å²) in [5.74, 6) is 1.17. The Labute approximate surface area is 196 Å². The van der Waals surface area contributed by atoms with E-state index in [4.69, 9.17) is 4.74 Å². The van der Waals surface area contributed by atoms with Crippen molar-refractivity contribution in [3.63, 3.8) is 0 Å². The number of fused-ring (bicyclic) bond motifs is 1. The molecule has 1 aromatic carbocycles. The topological polar surface area (TPSA) is 79.0 Å². The molecule has 0 saturated carbocycles. The smallest absolute Gasteiger partial charge is 0.242 e. The highest BCUT2D eigenvalue weighted by Gasteiger charge is 2.36. The van der Waals surface area contributed by atoms with Crippen LogP contribution in [0.5, 0.6) is 5.75 Å². The SMILES string of the molecule is O=C1CCCOc2ccccc2CCCCC2(CCN(C(=O)CN3CCCC3=O)CC2)CN1. The van der Waals surface area contributed by atoms with E-state index < -0.39 is 0 Å². The molecule has 3 amide bonds.